The lowest BCUT2D eigenvalue weighted by Gasteiger charge is -2.11. The van der Waals surface area contributed by atoms with Crippen LogP contribution in [0.4, 0.5) is 5.69 Å². The normalized spacial score (nSPS) is 19.5. The summed E-state index contributed by atoms with van der Waals surface area (Å²) in [6, 6.07) is 8.20. The third kappa shape index (κ3) is 3.74. The minimum absolute atomic E-state index is 0.00815. The highest BCUT2D eigenvalue weighted by atomic mass is 16.2. The number of hydrogen-bond acceptors (Lipinski definition) is 3. The second kappa shape index (κ2) is 6.16. The molecular formula is C16H21N3O2. The van der Waals surface area contributed by atoms with Crippen LogP contribution in [0, 0.1) is 0 Å². The number of nitrogens with one attached hydrogen (secondary N) is 3. The standard InChI is InChI=1S/C16H21N3O2/c20-15(18-12-7-8-12)6-3-9-17-16(21)14-10-11-4-1-2-5-13(11)19-14/h1-2,4-5,12,14,19H,3,6-10H2,(H,17,21)(H,18,20). The van der Waals surface area contributed by atoms with Gasteiger partial charge in [-0.15, -0.1) is 0 Å². The van der Waals surface area contributed by atoms with E-state index in [4.69, 9.17) is 0 Å². The summed E-state index contributed by atoms with van der Waals surface area (Å²) in [4.78, 5) is 23.6. The number of anilines is 1. The number of rotatable bonds is 6. The Morgan fingerprint density at radius 2 is 2.05 bits per heavy atom. The van der Waals surface area contributed by atoms with E-state index in [2.05, 4.69) is 16.0 Å². The molecule has 0 radical (unpaired) electrons. The molecule has 3 rings (SSSR count). The molecule has 3 N–H and O–H groups in total. The maximum absolute atomic E-state index is 12.1. The Morgan fingerprint density at radius 1 is 1.24 bits per heavy atom. The monoisotopic (exact) mass is 287 g/mol. The van der Waals surface area contributed by atoms with Crippen LogP contribution >= 0.6 is 0 Å². The summed E-state index contributed by atoms with van der Waals surface area (Å²) in [5.74, 6) is 0.104. The van der Waals surface area contributed by atoms with Gasteiger partial charge in [0.25, 0.3) is 0 Å². The van der Waals surface area contributed by atoms with Crippen LogP contribution in [-0.2, 0) is 16.0 Å². The molecule has 1 saturated carbocycles. The van der Waals surface area contributed by atoms with E-state index in [9.17, 15) is 9.59 Å². The number of para-hydroxylation sites is 1. The summed E-state index contributed by atoms with van der Waals surface area (Å²) in [7, 11) is 0. The van der Waals surface area contributed by atoms with Crippen LogP contribution in [0.1, 0.15) is 31.2 Å². The van der Waals surface area contributed by atoms with Crippen LogP contribution in [0.5, 0.6) is 0 Å². The molecule has 5 heteroatoms. The van der Waals surface area contributed by atoms with E-state index >= 15 is 0 Å². The molecule has 112 valence electrons. The SMILES string of the molecule is O=C(CCCNC(=O)C1Cc2ccccc2N1)NC1CC1. The van der Waals surface area contributed by atoms with Crippen molar-refractivity contribution in [2.24, 2.45) is 0 Å². The maximum Gasteiger partial charge on any atom is 0.242 e. The molecule has 2 aliphatic rings. The smallest absolute Gasteiger partial charge is 0.242 e. The molecule has 21 heavy (non-hydrogen) atoms. The molecule has 1 unspecified atom stereocenters. The first-order valence-corrected chi connectivity index (χ1v) is 7.64. The van der Waals surface area contributed by atoms with Crippen molar-refractivity contribution in [3.05, 3.63) is 29.8 Å². The van der Waals surface area contributed by atoms with E-state index in [1.54, 1.807) is 0 Å². The molecule has 0 spiro atoms. The van der Waals surface area contributed by atoms with Gasteiger partial charge in [-0.3, -0.25) is 9.59 Å². The molecule has 1 aromatic carbocycles. The Kier molecular flexibility index (Phi) is 4.08. The lowest BCUT2D eigenvalue weighted by atomic mass is 10.1. The average molecular weight is 287 g/mol. The Hall–Kier alpha value is -2.04. The van der Waals surface area contributed by atoms with Gasteiger partial charge in [0.1, 0.15) is 6.04 Å². The van der Waals surface area contributed by atoms with Gasteiger partial charge in [0.05, 0.1) is 0 Å². The first-order valence-electron chi connectivity index (χ1n) is 7.64. The number of amides is 2. The molecule has 0 saturated heterocycles. The Labute approximate surface area is 124 Å². The highest BCUT2D eigenvalue weighted by Crippen LogP contribution is 2.25. The quantitative estimate of drug-likeness (QED) is 0.689. The zero-order chi connectivity index (χ0) is 14.7. The van der Waals surface area contributed by atoms with Gasteiger partial charge in [0.2, 0.25) is 11.8 Å². The number of hydrogen-bond donors (Lipinski definition) is 3. The lowest BCUT2D eigenvalue weighted by molar-refractivity contribution is -0.123. The Balaban J connectivity index is 1.34. The average Bonchev–Trinajstić information content (AvgIpc) is 3.18. The van der Waals surface area contributed by atoms with Crippen LogP contribution < -0.4 is 16.0 Å². The summed E-state index contributed by atoms with van der Waals surface area (Å²) < 4.78 is 0. The highest BCUT2D eigenvalue weighted by Gasteiger charge is 2.26. The van der Waals surface area contributed by atoms with Crippen molar-refractivity contribution in [3.63, 3.8) is 0 Å². The fourth-order valence-electron chi connectivity index (χ4n) is 2.57. The summed E-state index contributed by atoms with van der Waals surface area (Å²) in [5.41, 5.74) is 2.22. The predicted molar refractivity (Wildman–Crippen MR) is 81.0 cm³/mol. The topological polar surface area (TPSA) is 70.2 Å². The van der Waals surface area contributed by atoms with Crippen molar-refractivity contribution in [1.29, 1.82) is 0 Å². The first-order chi connectivity index (χ1) is 10.2. The van der Waals surface area contributed by atoms with Crippen molar-refractivity contribution in [1.82, 2.24) is 10.6 Å². The molecule has 1 atom stereocenters. The summed E-state index contributed by atoms with van der Waals surface area (Å²) in [6.45, 7) is 0.547. The highest BCUT2D eigenvalue weighted by molar-refractivity contribution is 5.87. The van der Waals surface area contributed by atoms with E-state index in [0.29, 0.717) is 25.4 Å². The van der Waals surface area contributed by atoms with Crippen LogP contribution in [0.2, 0.25) is 0 Å². The molecule has 1 aliphatic carbocycles. The summed E-state index contributed by atoms with van der Waals surface area (Å²) in [6.07, 6.45) is 4.11. The largest absolute Gasteiger partial charge is 0.373 e. The predicted octanol–water partition coefficient (Wildman–Crippen LogP) is 1.20. The fraction of sp³-hybridized carbons (Fsp3) is 0.500. The molecule has 1 aromatic rings. The second-order valence-electron chi connectivity index (χ2n) is 5.79. The van der Waals surface area contributed by atoms with Gasteiger partial charge in [-0.25, -0.2) is 0 Å². The third-order valence-electron chi connectivity index (χ3n) is 3.91. The van der Waals surface area contributed by atoms with E-state index in [1.807, 2.05) is 24.3 Å². The van der Waals surface area contributed by atoms with Crippen LogP contribution in [0.3, 0.4) is 0 Å². The van der Waals surface area contributed by atoms with Gasteiger partial charge in [-0.05, 0) is 30.9 Å². The van der Waals surface area contributed by atoms with Gasteiger partial charge in [-0.2, -0.15) is 0 Å². The zero-order valence-corrected chi connectivity index (χ0v) is 12.0. The maximum atomic E-state index is 12.1. The van der Waals surface area contributed by atoms with Gasteiger partial charge >= 0.3 is 0 Å². The fourth-order valence-corrected chi connectivity index (χ4v) is 2.57. The molecule has 0 bridgehead atoms. The first kappa shape index (κ1) is 13.9. The molecule has 5 nitrogen and oxygen atoms in total. The van der Waals surface area contributed by atoms with E-state index in [0.717, 1.165) is 24.9 Å². The Morgan fingerprint density at radius 3 is 2.81 bits per heavy atom. The minimum atomic E-state index is -0.192. The Bertz CT molecular complexity index is 515. The summed E-state index contributed by atoms with van der Waals surface area (Å²) >= 11 is 0. The molecule has 1 heterocycles. The van der Waals surface area contributed by atoms with E-state index < -0.39 is 0 Å². The molecular weight excluding hydrogens is 266 g/mol. The molecule has 1 aliphatic heterocycles. The van der Waals surface area contributed by atoms with Crippen LogP contribution in [0.15, 0.2) is 24.3 Å². The van der Waals surface area contributed by atoms with Crippen LogP contribution in [-0.4, -0.2) is 30.4 Å². The van der Waals surface area contributed by atoms with Crippen LogP contribution in [0.25, 0.3) is 0 Å². The number of carbonyl (C=O) groups is 2. The second-order valence-corrected chi connectivity index (χ2v) is 5.79. The van der Waals surface area contributed by atoms with Crippen molar-refractivity contribution < 1.29 is 9.59 Å². The van der Waals surface area contributed by atoms with Gasteiger partial charge in [0, 0.05) is 31.1 Å². The minimum Gasteiger partial charge on any atom is -0.373 e. The molecule has 0 aromatic heterocycles. The van der Waals surface area contributed by atoms with Crippen molar-refractivity contribution in [3.8, 4) is 0 Å². The molecule has 2 amide bonds. The zero-order valence-electron chi connectivity index (χ0n) is 12.0. The van der Waals surface area contributed by atoms with Gasteiger partial charge < -0.3 is 16.0 Å². The summed E-state index contributed by atoms with van der Waals surface area (Å²) in [5, 5.41) is 9.07. The van der Waals surface area contributed by atoms with E-state index in [-0.39, 0.29) is 17.9 Å². The van der Waals surface area contributed by atoms with Crippen molar-refractivity contribution in [2.75, 3.05) is 11.9 Å². The van der Waals surface area contributed by atoms with Gasteiger partial charge in [0.15, 0.2) is 0 Å². The van der Waals surface area contributed by atoms with Gasteiger partial charge in [-0.1, -0.05) is 18.2 Å². The molecule has 1 fully saturated rings. The third-order valence-corrected chi connectivity index (χ3v) is 3.91. The van der Waals surface area contributed by atoms with Crippen molar-refractivity contribution >= 4 is 17.5 Å². The number of carbonyl (C=O) groups excluding carboxylic acids is 2. The number of fused-ring (bicyclic) bond motifs is 1. The van der Waals surface area contributed by atoms with Crippen molar-refractivity contribution in [2.45, 2.75) is 44.2 Å². The van der Waals surface area contributed by atoms with E-state index in [1.165, 1.54) is 5.56 Å². The lowest BCUT2D eigenvalue weighted by Crippen LogP contribution is -2.39. The number of benzene rings is 1.